The van der Waals surface area contributed by atoms with Crippen LogP contribution in [0.1, 0.15) is 233 Å². The van der Waals surface area contributed by atoms with E-state index in [9.17, 15) is 28.6 Å². The number of phosphoric acid groups is 1. The molecule has 0 aliphatic carbocycles. The molecule has 0 aromatic carbocycles. The van der Waals surface area contributed by atoms with Gasteiger partial charge in [0.05, 0.1) is 27.7 Å². The summed E-state index contributed by atoms with van der Waals surface area (Å²) in [5.74, 6) is -1.39. The molecule has 13 nitrogen and oxygen atoms in total. The zero-order valence-corrected chi connectivity index (χ0v) is 42.9. The summed E-state index contributed by atoms with van der Waals surface area (Å²) in [5, 5.41) is 0. The van der Waals surface area contributed by atoms with Crippen LogP contribution in [0.2, 0.25) is 0 Å². The molecule has 0 saturated carbocycles. The Morgan fingerprint density at radius 3 is 1.19 bits per heavy atom. The molecule has 0 aliphatic rings. The first kappa shape index (κ1) is 62.0. The first-order chi connectivity index (χ1) is 30.6. The summed E-state index contributed by atoms with van der Waals surface area (Å²) in [7, 11) is 0.990. The molecule has 0 radical (unpaired) electrons. The Balaban J connectivity index is 4.78. The van der Waals surface area contributed by atoms with Crippen LogP contribution in [0, 0.1) is 0 Å². The number of rotatable bonds is 46. The molecule has 0 spiro atoms. The summed E-state index contributed by atoms with van der Waals surface area (Å²) in [4.78, 5) is 63.1. The van der Waals surface area contributed by atoms with Crippen LogP contribution >= 0.6 is 7.82 Å². The number of esters is 4. The number of carbonyl (C=O) groups is 4. The lowest BCUT2D eigenvalue weighted by atomic mass is 10.0. The first-order valence-electron chi connectivity index (χ1n) is 25.8. The number of carbonyl (C=O) groups excluding carboxylic acids is 4. The van der Waals surface area contributed by atoms with E-state index in [1.807, 2.05) is 21.1 Å². The summed E-state index contributed by atoms with van der Waals surface area (Å²) < 4.78 is 45.6. The topological polar surface area (TPSA) is 164 Å². The van der Waals surface area contributed by atoms with Crippen molar-refractivity contribution in [3.63, 3.8) is 0 Å². The fourth-order valence-corrected chi connectivity index (χ4v) is 7.95. The SMILES string of the molecule is CCCCCCCCC(CCCC)OC(=O)CCCCCCC(=O)OCC(COP(=O)([O-])OCC[N+](C)(C)C)OC(=O)CCCCCCC(=O)OC(CCCC)CCCCCCCC. The van der Waals surface area contributed by atoms with Gasteiger partial charge in [0, 0.05) is 25.7 Å². The van der Waals surface area contributed by atoms with Gasteiger partial charge in [-0.25, -0.2) is 0 Å². The number of likely N-dealkylation sites (N-methyl/N-ethyl adjacent to an activating group) is 1. The molecule has 0 aromatic heterocycles. The minimum absolute atomic E-state index is 0.00992. The number of nitrogens with zero attached hydrogens (tertiary/aromatic N) is 1. The van der Waals surface area contributed by atoms with Crippen molar-refractivity contribution in [1.29, 1.82) is 0 Å². The van der Waals surface area contributed by atoms with E-state index >= 15 is 0 Å². The second kappa shape index (κ2) is 41.2. The summed E-state index contributed by atoms with van der Waals surface area (Å²) >= 11 is 0. The van der Waals surface area contributed by atoms with Crippen LogP contribution in [0.15, 0.2) is 0 Å². The number of hydrogen-bond acceptors (Lipinski definition) is 12. The van der Waals surface area contributed by atoms with Crippen molar-refractivity contribution in [2.24, 2.45) is 0 Å². The number of unbranched alkanes of at least 4 members (excludes halogenated alkanes) is 18. The first-order valence-corrected chi connectivity index (χ1v) is 27.2. The molecule has 14 heteroatoms. The highest BCUT2D eigenvalue weighted by atomic mass is 31.2. The predicted molar refractivity (Wildman–Crippen MR) is 253 cm³/mol. The maximum atomic E-state index is 12.8. The van der Waals surface area contributed by atoms with E-state index in [0.717, 1.165) is 83.5 Å². The van der Waals surface area contributed by atoms with E-state index in [4.69, 9.17) is 28.0 Å². The molecule has 4 unspecified atom stereocenters. The highest BCUT2D eigenvalue weighted by Gasteiger charge is 2.22. The lowest BCUT2D eigenvalue weighted by molar-refractivity contribution is -0.870. The van der Waals surface area contributed by atoms with Crippen LogP contribution in [0.5, 0.6) is 0 Å². The normalized spacial score (nSPS) is 14.1. The Bertz CT molecular complexity index is 1210. The molecule has 0 N–H and O–H groups in total. The highest BCUT2D eigenvalue weighted by molar-refractivity contribution is 7.45. The Labute approximate surface area is 390 Å². The van der Waals surface area contributed by atoms with Gasteiger partial charge in [0.1, 0.15) is 32.0 Å². The van der Waals surface area contributed by atoms with Gasteiger partial charge in [-0.3, -0.25) is 23.7 Å². The quantitative estimate of drug-likeness (QED) is 0.0187. The Hall–Kier alpha value is -2.05. The maximum absolute atomic E-state index is 12.8. The zero-order valence-electron chi connectivity index (χ0n) is 42.0. The number of phosphoric ester groups is 1. The summed E-state index contributed by atoms with van der Waals surface area (Å²) in [5.41, 5.74) is 0. The molecule has 0 heterocycles. The van der Waals surface area contributed by atoms with Gasteiger partial charge in [-0.15, -0.1) is 0 Å². The van der Waals surface area contributed by atoms with E-state index in [1.54, 1.807) is 0 Å². The van der Waals surface area contributed by atoms with Crippen LogP contribution in [-0.2, 0) is 51.7 Å². The fourth-order valence-electron chi connectivity index (χ4n) is 7.22. The lowest BCUT2D eigenvalue weighted by Gasteiger charge is -2.28. The molecule has 0 bridgehead atoms. The monoisotopic (exact) mass is 934 g/mol. The van der Waals surface area contributed by atoms with Crippen molar-refractivity contribution in [2.75, 3.05) is 47.5 Å². The van der Waals surface area contributed by atoms with Crippen molar-refractivity contribution in [3.8, 4) is 0 Å². The molecular weight excluding hydrogens is 838 g/mol. The van der Waals surface area contributed by atoms with E-state index in [2.05, 4.69) is 27.7 Å². The van der Waals surface area contributed by atoms with Gasteiger partial charge < -0.3 is 37.4 Å². The minimum atomic E-state index is -4.71. The third-order valence-corrected chi connectivity index (χ3v) is 12.3. The van der Waals surface area contributed by atoms with Gasteiger partial charge in [0.25, 0.3) is 7.82 Å². The minimum Gasteiger partial charge on any atom is -0.756 e. The van der Waals surface area contributed by atoms with Crippen molar-refractivity contribution >= 4 is 31.7 Å². The van der Waals surface area contributed by atoms with Crippen LogP contribution in [-0.4, -0.2) is 94.2 Å². The van der Waals surface area contributed by atoms with Gasteiger partial charge >= 0.3 is 23.9 Å². The highest BCUT2D eigenvalue weighted by Crippen LogP contribution is 2.38. The number of hydrogen-bond donors (Lipinski definition) is 0. The van der Waals surface area contributed by atoms with Gasteiger partial charge in [-0.05, 0) is 64.2 Å². The molecule has 4 atom stereocenters. The molecule has 0 amide bonds. The molecular formula is C50H96NO12P. The smallest absolute Gasteiger partial charge is 0.306 e. The molecule has 0 saturated heterocycles. The molecule has 0 aromatic rings. The van der Waals surface area contributed by atoms with Crippen molar-refractivity contribution in [3.05, 3.63) is 0 Å². The Morgan fingerprint density at radius 1 is 0.438 bits per heavy atom. The second-order valence-corrected chi connectivity index (χ2v) is 20.2. The van der Waals surface area contributed by atoms with E-state index in [0.29, 0.717) is 56.0 Å². The average Bonchev–Trinajstić information content (AvgIpc) is 3.24. The van der Waals surface area contributed by atoms with E-state index < -0.39 is 32.5 Å². The molecule has 0 fully saturated rings. The predicted octanol–water partition coefficient (Wildman–Crippen LogP) is 12.0. The summed E-state index contributed by atoms with van der Waals surface area (Å²) in [6, 6.07) is 0. The van der Waals surface area contributed by atoms with E-state index in [-0.39, 0.29) is 50.2 Å². The average molecular weight is 934 g/mol. The zero-order chi connectivity index (χ0) is 47.7. The third-order valence-electron chi connectivity index (χ3n) is 11.3. The van der Waals surface area contributed by atoms with Gasteiger partial charge in [0.15, 0.2) is 6.10 Å². The maximum Gasteiger partial charge on any atom is 0.306 e. The van der Waals surface area contributed by atoms with Crippen LogP contribution in [0.25, 0.3) is 0 Å². The van der Waals surface area contributed by atoms with Crippen molar-refractivity contribution in [2.45, 2.75) is 251 Å². The Morgan fingerprint density at radius 2 is 0.781 bits per heavy atom. The second-order valence-electron chi connectivity index (χ2n) is 18.8. The van der Waals surface area contributed by atoms with E-state index in [1.165, 1.54) is 64.2 Å². The molecule has 64 heavy (non-hydrogen) atoms. The van der Waals surface area contributed by atoms with Crippen molar-refractivity contribution < 1.29 is 61.1 Å². The van der Waals surface area contributed by atoms with Gasteiger partial charge in [-0.2, -0.15) is 0 Å². The Kier molecular flexibility index (Phi) is 39.8. The molecule has 0 rings (SSSR count). The third kappa shape index (κ3) is 41.4. The number of ether oxygens (including phenoxy) is 4. The molecule has 0 aliphatic heterocycles. The van der Waals surface area contributed by atoms with Gasteiger partial charge in [0.2, 0.25) is 0 Å². The summed E-state index contributed by atoms with van der Waals surface area (Å²) in [6.45, 7) is 8.14. The molecule has 378 valence electrons. The van der Waals surface area contributed by atoms with Gasteiger partial charge in [-0.1, -0.05) is 143 Å². The number of quaternary nitrogens is 1. The van der Waals surface area contributed by atoms with Crippen LogP contribution in [0.4, 0.5) is 0 Å². The van der Waals surface area contributed by atoms with Crippen molar-refractivity contribution in [1.82, 2.24) is 0 Å². The fraction of sp³-hybridized carbons (Fsp3) is 0.920. The summed E-state index contributed by atoms with van der Waals surface area (Å²) in [6.07, 6.45) is 27.5. The van der Waals surface area contributed by atoms with Crippen LogP contribution < -0.4 is 4.89 Å². The van der Waals surface area contributed by atoms with Crippen LogP contribution in [0.3, 0.4) is 0 Å². The lowest BCUT2D eigenvalue weighted by Crippen LogP contribution is -2.37. The standard InChI is InChI=1S/C50H96NO12P/c1-8-12-16-18-20-26-34-44(32-14-10-3)61-48(53)37-29-23-22-28-36-47(52)58-42-46(43-60-64(56,57)59-41-40-51(5,6)7)63-50(55)39-31-25-24-30-38-49(54)62-45(33-15-11-4)35-27-21-19-17-13-9-2/h44-46H,8-43H2,1-7H3. The largest absolute Gasteiger partial charge is 0.756 e.